The van der Waals surface area contributed by atoms with Crippen molar-refractivity contribution in [2.24, 2.45) is 0 Å². The third kappa shape index (κ3) is 3.44. The largest absolute Gasteiger partial charge is 0.303 e. The lowest BCUT2D eigenvalue weighted by atomic mass is 10.1. The fraction of sp³-hybridized carbons (Fsp3) is 0.333. The van der Waals surface area contributed by atoms with Crippen molar-refractivity contribution in [1.29, 1.82) is 0 Å². The molecule has 0 bridgehead atoms. The summed E-state index contributed by atoms with van der Waals surface area (Å²) in [5.41, 5.74) is 1.32. The fourth-order valence-electron chi connectivity index (χ4n) is 2.06. The Kier molecular flexibility index (Phi) is 4.98. The molecular formula is C15H18BrNS. The van der Waals surface area contributed by atoms with Crippen molar-refractivity contribution >= 4 is 27.3 Å². The van der Waals surface area contributed by atoms with E-state index in [-0.39, 0.29) is 0 Å². The molecule has 18 heavy (non-hydrogen) atoms. The quantitative estimate of drug-likeness (QED) is 0.785. The maximum atomic E-state index is 3.70. The van der Waals surface area contributed by atoms with E-state index in [1.54, 1.807) is 0 Å². The average molecular weight is 324 g/mol. The topological polar surface area (TPSA) is 12.0 Å². The van der Waals surface area contributed by atoms with E-state index in [9.17, 15) is 0 Å². The third-order valence-corrected chi connectivity index (χ3v) is 4.57. The van der Waals surface area contributed by atoms with Crippen LogP contribution in [0.3, 0.4) is 0 Å². The number of benzene rings is 1. The van der Waals surface area contributed by atoms with Gasteiger partial charge in [0.05, 0.1) is 0 Å². The summed E-state index contributed by atoms with van der Waals surface area (Å²) in [6, 6.07) is 13.6. The zero-order valence-electron chi connectivity index (χ0n) is 10.7. The first-order valence-electron chi connectivity index (χ1n) is 6.25. The minimum absolute atomic E-state index is 0.356. The van der Waals surface area contributed by atoms with Crippen LogP contribution in [0.5, 0.6) is 0 Å². The van der Waals surface area contributed by atoms with E-state index in [1.807, 2.05) is 11.3 Å². The lowest BCUT2D eigenvalue weighted by molar-refractivity contribution is 0.462. The van der Waals surface area contributed by atoms with Crippen LogP contribution in [0.2, 0.25) is 0 Å². The van der Waals surface area contributed by atoms with Crippen molar-refractivity contribution in [2.75, 3.05) is 0 Å². The Morgan fingerprint density at radius 1 is 1.28 bits per heavy atom. The summed E-state index contributed by atoms with van der Waals surface area (Å²) in [5, 5.41) is 5.84. The maximum Gasteiger partial charge on any atom is 0.0416 e. The molecule has 1 N–H and O–H groups in total. The first-order valence-corrected chi connectivity index (χ1v) is 7.93. The molecular weight excluding hydrogens is 306 g/mol. The summed E-state index contributed by atoms with van der Waals surface area (Å²) in [6.45, 7) is 4.45. The minimum atomic E-state index is 0.356. The Labute approximate surface area is 121 Å². The predicted octanol–water partition coefficient (Wildman–Crippen LogP) is 5.31. The molecule has 1 heterocycles. The van der Waals surface area contributed by atoms with Crippen LogP contribution < -0.4 is 5.32 Å². The summed E-state index contributed by atoms with van der Waals surface area (Å²) in [4.78, 5) is 1.42. The van der Waals surface area contributed by atoms with E-state index >= 15 is 0 Å². The van der Waals surface area contributed by atoms with E-state index in [0.717, 1.165) is 10.9 Å². The molecule has 0 saturated carbocycles. The molecule has 0 fully saturated rings. The second kappa shape index (κ2) is 6.50. The Hall–Kier alpha value is -0.640. The SMILES string of the molecule is CCC(N[C@@H](C)c1cccc(Br)c1)c1cccs1. The molecule has 1 aromatic heterocycles. The molecule has 0 amide bonds. The van der Waals surface area contributed by atoms with Crippen molar-refractivity contribution in [3.63, 3.8) is 0 Å². The van der Waals surface area contributed by atoms with Crippen LogP contribution in [0.15, 0.2) is 46.3 Å². The highest BCUT2D eigenvalue weighted by molar-refractivity contribution is 9.10. The lowest BCUT2D eigenvalue weighted by Gasteiger charge is -2.22. The number of rotatable bonds is 5. The Balaban J connectivity index is 2.08. The molecule has 96 valence electrons. The predicted molar refractivity (Wildman–Crippen MR) is 83.0 cm³/mol. The standard InChI is InChI=1S/C15H18BrNS/c1-3-14(15-8-5-9-18-15)17-11(2)12-6-4-7-13(16)10-12/h4-11,14,17H,3H2,1-2H3/t11-,14?/m0/s1. The maximum absolute atomic E-state index is 3.70. The molecule has 3 heteroatoms. The van der Waals surface area contributed by atoms with Gasteiger partial charge in [0.2, 0.25) is 0 Å². The first-order chi connectivity index (χ1) is 8.70. The normalized spacial score (nSPS) is 14.4. The second-order valence-electron chi connectivity index (χ2n) is 4.42. The number of hydrogen-bond acceptors (Lipinski definition) is 2. The summed E-state index contributed by atoms with van der Waals surface area (Å²) in [6.07, 6.45) is 1.11. The van der Waals surface area contributed by atoms with Gasteiger partial charge in [-0.15, -0.1) is 11.3 Å². The molecule has 0 aliphatic heterocycles. The Bertz CT molecular complexity index is 481. The summed E-state index contributed by atoms with van der Waals surface area (Å²) in [7, 11) is 0. The van der Waals surface area contributed by atoms with Crippen molar-refractivity contribution < 1.29 is 0 Å². The van der Waals surface area contributed by atoms with Crippen LogP contribution in [0, 0.1) is 0 Å². The van der Waals surface area contributed by atoms with E-state index in [1.165, 1.54) is 10.4 Å². The Morgan fingerprint density at radius 3 is 2.72 bits per heavy atom. The van der Waals surface area contributed by atoms with E-state index in [0.29, 0.717) is 12.1 Å². The molecule has 0 aliphatic rings. The van der Waals surface area contributed by atoms with Crippen molar-refractivity contribution in [1.82, 2.24) is 5.32 Å². The average Bonchev–Trinajstić information content (AvgIpc) is 2.89. The lowest BCUT2D eigenvalue weighted by Crippen LogP contribution is -2.23. The van der Waals surface area contributed by atoms with E-state index in [2.05, 4.69) is 76.9 Å². The zero-order chi connectivity index (χ0) is 13.0. The minimum Gasteiger partial charge on any atom is -0.303 e. The molecule has 2 atom stereocenters. The van der Waals surface area contributed by atoms with Gasteiger partial charge >= 0.3 is 0 Å². The highest BCUT2D eigenvalue weighted by Crippen LogP contribution is 2.26. The number of halogens is 1. The van der Waals surface area contributed by atoms with Crippen molar-refractivity contribution in [2.45, 2.75) is 32.4 Å². The highest BCUT2D eigenvalue weighted by atomic mass is 79.9. The van der Waals surface area contributed by atoms with Crippen LogP contribution in [-0.4, -0.2) is 0 Å². The van der Waals surface area contributed by atoms with Gasteiger partial charge in [0.25, 0.3) is 0 Å². The molecule has 1 unspecified atom stereocenters. The summed E-state index contributed by atoms with van der Waals surface area (Å²) < 4.78 is 1.14. The van der Waals surface area contributed by atoms with Crippen molar-refractivity contribution in [3.8, 4) is 0 Å². The van der Waals surface area contributed by atoms with Gasteiger partial charge < -0.3 is 5.32 Å². The van der Waals surface area contributed by atoms with Gasteiger partial charge in [0.1, 0.15) is 0 Å². The molecule has 0 aliphatic carbocycles. The smallest absolute Gasteiger partial charge is 0.0416 e. The number of hydrogen-bond donors (Lipinski definition) is 1. The Morgan fingerprint density at radius 2 is 2.11 bits per heavy atom. The van der Waals surface area contributed by atoms with Gasteiger partial charge in [0, 0.05) is 21.4 Å². The van der Waals surface area contributed by atoms with Gasteiger partial charge in [0.15, 0.2) is 0 Å². The molecule has 1 aromatic carbocycles. The van der Waals surface area contributed by atoms with Crippen LogP contribution in [0.4, 0.5) is 0 Å². The van der Waals surface area contributed by atoms with Crippen LogP contribution >= 0.6 is 27.3 Å². The fourth-order valence-corrected chi connectivity index (χ4v) is 3.35. The zero-order valence-corrected chi connectivity index (χ0v) is 13.1. The molecule has 2 aromatic rings. The van der Waals surface area contributed by atoms with Gasteiger partial charge in [-0.1, -0.05) is 41.1 Å². The molecule has 1 nitrogen and oxygen atoms in total. The van der Waals surface area contributed by atoms with Gasteiger partial charge in [-0.05, 0) is 42.5 Å². The van der Waals surface area contributed by atoms with E-state index in [4.69, 9.17) is 0 Å². The summed E-state index contributed by atoms with van der Waals surface area (Å²) >= 11 is 5.35. The molecule has 0 saturated heterocycles. The van der Waals surface area contributed by atoms with E-state index < -0.39 is 0 Å². The molecule has 0 spiro atoms. The highest BCUT2D eigenvalue weighted by Gasteiger charge is 2.14. The number of nitrogens with one attached hydrogen (secondary N) is 1. The van der Waals surface area contributed by atoms with Gasteiger partial charge in [-0.25, -0.2) is 0 Å². The summed E-state index contributed by atoms with van der Waals surface area (Å²) in [5.74, 6) is 0. The van der Waals surface area contributed by atoms with Gasteiger partial charge in [-0.2, -0.15) is 0 Å². The van der Waals surface area contributed by atoms with Crippen LogP contribution in [0.1, 0.15) is 42.8 Å². The number of thiophene rings is 1. The molecule has 2 rings (SSSR count). The van der Waals surface area contributed by atoms with Crippen LogP contribution in [-0.2, 0) is 0 Å². The van der Waals surface area contributed by atoms with Crippen molar-refractivity contribution in [3.05, 3.63) is 56.7 Å². The second-order valence-corrected chi connectivity index (χ2v) is 6.31. The first kappa shape index (κ1) is 13.8. The van der Waals surface area contributed by atoms with Crippen LogP contribution in [0.25, 0.3) is 0 Å². The third-order valence-electron chi connectivity index (χ3n) is 3.09. The monoisotopic (exact) mass is 323 g/mol. The van der Waals surface area contributed by atoms with Gasteiger partial charge in [-0.3, -0.25) is 0 Å². The molecule has 0 radical (unpaired) electrons.